The van der Waals surface area contributed by atoms with Crippen molar-refractivity contribution < 1.29 is 19.1 Å². The maximum atomic E-state index is 14.6. The smallest absolute Gasteiger partial charge is 0.337 e. The number of hydrogen-bond donors (Lipinski definition) is 2. The minimum absolute atomic E-state index is 0.00876. The number of carboxylic acids is 1. The first-order valence-corrected chi connectivity index (χ1v) is 7.96. The molecule has 0 fully saturated rings. The van der Waals surface area contributed by atoms with Crippen molar-refractivity contribution in [3.63, 3.8) is 0 Å². The van der Waals surface area contributed by atoms with Crippen molar-refractivity contribution in [3.8, 4) is 0 Å². The van der Waals surface area contributed by atoms with Crippen molar-refractivity contribution in [2.45, 2.75) is 6.92 Å². The molecule has 0 heterocycles. The van der Waals surface area contributed by atoms with Crippen LogP contribution in [-0.4, -0.2) is 17.0 Å². The zero-order chi connectivity index (χ0) is 18.7. The van der Waals surface area contributed by atoms with Gasteiger partial charge < -0.3 is 10.4 Å². The zero-order valence-electron chi connectivity index (χ0n) is 14.0. The molecular formula is C21H16FNO3. The van der Waals surface area contributed by atoms with E-state index in [1.165, 1.54) is 18.2 Å². The average Bonchev–Trinajstić information content (AvgIpc) is 2.64. The van der Waals surface area contributed by atoms with Gasteiger partial charge in [0.2, 0.25) is 0 Å². The number of rotatable bonds is 4. The van der Waals surface area contributed by atoms with Crippen LogP contribution in [0.5, 0.6) is 0 Å². The Morgan fingerprint density at radius 2 is 1.69 bits per heavy atom. The van der Waals surface area contributed by atoms with Gasteiger partial charge in [0.05, 0.1) is 11.3 Å². The second-order valence-electron chi connectivity index (χ2n) is 5.82. The summed E-state index contributed by atoms with van der Waals surface area (Å²) in [6.45, 7) is 1.55. The molecule has 130 valence electrons. The van der Waals surface area contributed by atoms with Crippen molar-refractivity contribution in [2.75, 3.05) is 5.32 Å². The average molecular weight is 349 g/mol. The Morgan fingerprint density at radius 1 is 1.00 bits per heavy atom. The van der Waals surface area contributed by atoms with Crippen LogP contribution >= 0.6 is 0 Å². The van der Waals surface area contributed by atoms with Gasteiger partial charge in [-0.2, -0.15) is 0 Å². The summed E-state index contributed by atoms with van der Waals surface area (Å²) in [5, 5.41) is 13.0. The number of para-hydroxylation sites is 1. The number of carboxylic acid groups (broad SMARTS) is 1. The summed E-state index contributed by atoms with van der Waals surface area (Å²) in [6, 6.07) is 16.6. The second kappa shape index (κ2) is 7.19. The highest BCUT2D eigenvalue weighted by molar-refractivity contribution is 6.09. The van der Waals surface area contributed by atoms with E-state index < -0.39 is 17.7 Å². The van der Waals surface area contributed by atoms with Gasteiger partial charge in [-0.15, -0.1) is 0 Å². The summed E-state index contributed by atoms with van der Waals surface area (Å²) in [5.74, 6) is -2.03. The summed E-state index contributed by atoms with van der Waals surface area (Å²) in [4.78, 5) is 23.6. The van der Waals surface area contributed by atoms with Crippen molar-refractivity contribution >= 4 is 34.4 Å². The highest BCUT2D eigenvalue weighted by atomic mass is 19.1. The fourth-order valence-corrected chi connectivity index (χ4v) is 2.66. The predicted octanol–water partition coefficient (Wildman–Crippen LogP) is 4.72. The summed E-state index contributed by atoms with van der Waals surface area (Å²) in [5.41, 5.74) is 0.740. The third-order valence-corrected chi connectivity index (χ3v) is 4.03. The number of benzene rings is 3. The fraction of sp³-hybridized carbons (Fsp3) is 0.0476. The van der Waals surface area contributed by atoms with E-state index in [-0.39, 0.29) is 16.8 Å². The summed E-state index contributed by atoms with van der Waals surface area (Å²) >= 11 is 0. The third kappa shape index (κ3) is 3.47. The molecule has 0 aliphatic carbocycles. The number of fused-ring (bicyclic) bond motifs is 1. The zero-order valence-corrected chi connectivity index (χ0v) is 14.0. The number of carbonyl (C=O) groups excluding carboxylic acids is 1. The Labute approximate surface area is 149 Å². The molecule has 0 saturated carbocycles. The van der Waals surface area contributed by atoms with Crippen LogP contribution in [0.15, 0.2) is 66.2 Å². The number of anilines is 1. The first-order chi connectivity index (χ1) is 12.5. The fourth-order valence-electron chi connectivity index (χ4n) is 2.66. The maximum absolute atomic E-state index is 14.6. The lowest BCUT2D eigenvalue weighted by molar-refractivity contribution is -0.112. The number of carbonyl (C=O) groups is 2. The number of halogens is 1. The molecule has 3 rings (SSSR count). The van der Waals surface area contributed by atoms with Crippen LogP contribution in [0.25, 0.3) is 16.8 Å². The summed E-state index contributed by atoms with van der Waals surface area (Å²) < 4.78 is 14.6. The van der Waals surface area contributed by atoms with Gasteiger partial charge in [-0.1, -0.05) is 48.5 Å². The van der Waals surface area contributed by atoms with E-state index in [1.54, 1.807) is 43.3 Å². The molecule has 0 bridgehead atoms. The quantitative estimate of drug-likeness (QED) is 0.670. The Hall–Kier alpha value is -3.47. The Kier molecular flexibility index (Phi) is 4.80. The third-order valence-electron chi connectivity index (χ3n) is 4.03. The van der Waals surface area contributed by atoms with Gasteiger partial charge >= 0.3 is 5.97 Å². The van der Waals surface area contributed by atoms with Crippen LogP contribution in [0.3, 0.4) is 0 Å². The van der Waals surface area contributed by atoms with Crippen molar-refractivity contribution in [1.82, 2.24) is 0 Å². The lowest BCUT2D eigenvalue weighted by Gasteiger charge is -2.09. The maximum Gasteiger partial charge on any atom is 0.337 e. The normalized spacial score (nSPS) is 11.4. The minimum Gasteiger partial charge on any atom is -0.478 e. The van der Waals surface area contributed by atoms with Crippen molar-refractivity contribution in [3.05, 3.63) is 83.2 Å². The largest absolute Gasteiger partial charge is 0.478 e. The number of amides is 1. The summed E-state index contributed by atoms with van der Waals surface area (Å²) in [7, 11) is 0. The van der Waals surface area contributed by atoms with Crippen LogP contribution in [0.4, 0.5) is 10.1 Å². The molecule has 0 radical (unpaired) electrons. The Morgan fingerprint density at radius 3 is 2.46 bits per heavy atom. The van der Waals surface area contributed by atoms with Crippen molar-refractivity contribution in [1.29, 1.82) is 0 Å². The molecular weight excluding hydrogens is 333 g/mol. The van der Waals surface area contributed by atoms with E-state index in [0.29, 0.717) is 10.9 Å². The number of nitrogens with one attached hydrogen (secondary N) is 1. The van der Waals surface area contributed by atoms with Gasteiger partial charge in [-0.3, -0.25) is 4.79 Å². The van der Waals surface area contributed by atoms with Crippen molar-refractivity contribution in [2.24, 2.45) is 0 Å². The molecule has 4 nitrogen and oxygen atoms in total. The molecule has 0 aromatic heterocycles. The topological polar surface area (TPSA) is 66.4 Å². The molecule has 0 atom stereocenters. The lowest BCUT2D eigenvalue weighted by Crippen LogP contribution is -2.15. The Bertz CT molecular complexity index is 1040. The SMILES string of the molecule is CC(=Cc1ccc2ccccc2c1F)C(=O)Nc1ccccc1C(=O)O. The first-order valence-electron chi connectivity index (χ1n) is 7.96. The lowest BCUT2D eigenvalue weighted by atomic mass is 10.0. The van der Waals surface area contributed by atoms with E-state index in [1.807, 2.05) is 12.1 Å². The molecule has 0 unspecified atom stereocenters. The number of hydrogen-bond acceptors (Lipinski definition) is 2. The number of aromatic carboxylic acids is 1. The monoisotopic (exact) mass is 349 g/mol. The molecule has 1 amide bonds. The van der Waals surface area contributed by atoms with Gasteiger partial charge in [0.25, 0.3) is 5.91 Å². The van der Waals surface area contributed by atoms with E-state index in [9.17, 15) is 19.1 Å². The van der Waals surface area contributed by atoms with E-state index >= 15 is 0 Å². The van der Waals surface area contributed by atoms with Crippen LogP contribution < -0.4 is 5.32 Å². The molecule has 2 N–H and O–H groups in total. The van der Waals surface area contributed by atoms with E-state index in [2.05, 4.69) is 5.32 Å². The predicted molar refractivity (Wildman–Crippen MR) is 99.6 cm³/mol. The molecule has 3 aromatic rings. The van der Waals surface area contributed by atoms with Crippen LogP contribution in [0.1, 0.15) is 22.8 Å². The summed E-state index contributed by atoms with van der Waals surface area (Å²) in [6.07, 6.45) is 1.44. The molecule has 5 heteroatoms. The highest BCUT2D eigenvalue weighted by Crippen LogP contribution is 2.23. The molecule has 26 heavy (non-hydrogen) atoms. The van der Waals surface area contributed by atoms with E-state index in [0.717, 1.165) is 5.39 Å². The second-order valence-corrected chi connectivity index (χ2v) is 5.82. The van der Waals surface area contributed by atoms with E-state index in [4.69, 9.17) is 0 Å². The minimum atomic E-state index is -1.14. The first kappa shape index (κ1) is 17.4. The highest BCUT2D eigenvalue weighted by Gasteiger charge is 2.13. The van der Waals surface area contributed by atoms with Crippen LogP contribution in [0.2, 0.25) is 0 Å². The van der Waals surface area contributed by atoms with Gasteiger partial charge in [-0.25, -0.2) is 9.18 Å². The standard InChI is InChI=1S/C21H16FNO3/c1-13(20(24)23-18-9-5-4-8-17(18)21(25)26)12-15-11-10-14-6-2-3-7-16(14)19(15)22/h2-12H,1H3,(H,23,24)(H,25,26). The molecule has 3 aromatic carbocycles. The van der Waals surface area contributed by atoms with Gasteiger partial charge in [0, 0.05) is 16.5 Å². The van der Waals surface area contributed by atoms with Crippen LogP contribution in [-0.2, 0) is 4.79 Å². The Balaban J connectivity index is 1.90. The molecule has 0 saturated heterocycles. The van der Waals surface area contributed by atoms with Gasteiger partial charge in [0.15, 0.2) is 0 Å². The molecule has 0 spiro atoms. The van der Waals surface area contributed by atoms with Gasteiger partial charge in [-0.05, 0) is 30.5 Å². The van der Waals surface area contributed by atoms with Gasteiger partial charge in [0.1, 0.15) is 5.82 Å². The molecule has 0 aliphatic heterocycles. The van der Waals surface area contributed by atoms with Crippen LogP contribution in [0, 0.1) is 5.82 Å². The molecule has 0 aliphatic rings.